The van der Waals surface area contributed by atoms with Crippen molar-refractivity contribution < 1.29 is 24.2 Å². The highest BCUT2D eigenvalue weighted by Gasteiger charge is 2.14. The summed E-state index contributed by atoms with van der Waals surface area (Å²) < 4.78 is 13.4. The number of phenols is 1. The van der Waals surface area contributed by atoms with E-state index in [9.17, 15) is 14.7 Å². The van der Waals surface area contributed by atoms with Crippen LogP contribution < -0.4 is 10.1 Å². The van der Waals surface area contributed by atoms with E-state index < -0.39 is 13.9 Å². The number of amides is 1. The van der Waals surface area contributed by atoms with Crippen LogP contribution in [0, 0.1) is 0 Å². The van der Waals surface area contributed by atoms with Gasteiger partial charge in [-0.3, -0.25) is 9.59 Å². The molecule has 9 heteroatoms. The standard InChI is InChI=1S/C35H41N3O5Si/c1-44(2,3)24-23-42-26-38-21-20-36-34(38)19-18-33(40)31-25-29(14-17-32(31)39)37-35(41)28-12-15-30(16-13-28)43-22-8-7-11-27-9-5-4-6-10-27/h4-6,9-10,12-21,25,39H,7-8,11,22-24,26H2,1-3H3,(H,37,41)/b19-18+. The normalized spacial score (nSPS) is 11.5. The molecular formula is C35H41N3O5Si. The molecule has 230 valence electrons. The molecule has 0 saturated heterocycles. The topological polar surface area (TPSA) is 103 Å². The molecule has 0 bridgehead atoms. The molecule has 0 fully saturated rings. The Morgan fingerprint density at radius 1 is 0.977 bits per heavy atom. The number of carbonyl (C=O) groups excluding carboxylic acids is 2. The number of imidazole rings is 1. The van der Waals surface area contributed by atoms with Gasteiger partial charge in [0.05, 0.1) is 12.2 Å². The second-order valence-corrected chi connectivity index (χ2v) is 17.4. The third-order valence-electron chi connectivity index (χ3n) is 6.97. The molecule has 8 nitrogen and oxygen atoms in total. The number of aryl methyl sites for hydroxylation is 1. The second-order valence-electron chi connectivity index (χ2n) is 11.8. The van der Waals surface area contributed by atoms with Crippen LogP contribution in [0.25, 0.3) is 6.08 Å². The molecule has 4 aromatic rings. The maximum atomic E-state index is 13.0. The number of aromatic hydroxyl groups is 1. The van der Waals surface area contributed by atoms with Gasteiger partial charge in [-0.15, -0.1) is 0 Å². The minimum Gasteiger partial charge on any atom is -0.507 e. The zero-order valence-electron chi connectivity index (χ0n) is 25.7. The first-order valence-electron chi connectivity index (χ1n) is 14.9. The van der Waals surface area contributed by atoms with Gasteiger partial charge in [-0.1, -0.05) is 50.0 Å². The highest BCUT2D eigenvalue weighted by molar-refractivity contribution is 6.76. The highest BCUT2D eigenvalue weighted by Crippen LogP contribution is 2.24. The minimum atomic E-state index is -1.18. The average molecular weight is 612 g/mol. The molecular weight excluding hydrogens is 570 g/mol. The van der Waals surface area contributed by atoms with Gasteiger partial charge in [-0.05, 0) is 85.5 Å². The summed E-state index contributed by atoms with van der Waals surface area (Å²) >= 11 is 0. The average Bonchev–Trinajstić information content (AvgIpc) is 3.46. The molecule has 2 N–H and O–H groups in total. The van der Waals surface area contributed by atoms with Crippen molar-refractivity contribution >= 4 is 31.5 Å². The lowest BCUT2D eigenvalue weighted by atomic mass is 10.1. The molecule has 0 aliphatic carbocycles. The number of ether oxygens (including phenoxy) is 2. The highest BCUT2D eigenvalue weighted by atomic mass is 28.3. The molecule has 0 unspecified atom stereocenters. The van der Waals surface area contributed by atoms with Crippen LogP contribution in [0.3, 0.4) is 0 Å². The molecule has 3 aromatic carbocycles. The van der Waals surface area contributed by atoms with Gasteiger partial charge in [0.1, 0.15) is 24.1 Å². The smallest absolute Gasteiger partial charge is 0.255 e. The molecule has 44 heavy (non-hydrogen) atoms. The van der Waals surface area contributed by atoms with Crippen molar-refractivity contribution in [2.75, 3.05) is 18.5 Å². The summed E-state index contributed by atoms with van der Waals surface area (Å²) in [6.07, 6.45) is 9.36. The summed E-state index contributed by atoms with van der Waals surface area (Å²) in [6, 6.07) is 22.8. The molecule has 1 heterocycles. The number of rotatable bonds is 16. The van der Waals surface area contributed by atoms with E-state index >= 15 is 0 Å². The van der Waals surface area contributed by atoms with Crippen molar-refractivity contribution in [2.45, 2.75) is 51.7 Å². The quantitative estimate of drug-likeness (QED) is 0.0449. The Kier molecular flexibility index (Phi) is 11.7. The number of benzene rings is 3. The van der Waals surface area contributed by atoms with Crippen LogP contribution in [-0.2, 0) is 17.9 Å². The largest absolute Gasteiger partial charge is 0.507 e. The number of nitrogens with zero attached hydrogens (tertiary/aromatic N) is 2. The van der Waals surface area contributed by atoms with Gasteiger partial charge in [0, 0.05) is 38.3 Å². The van der Waals surface area contributed by atoms with Crippen LogP contribution in [0.15, 0.2) is 91.3 Å². The van der Waals surface area contributed by atoms with E-state index in [2.05, 4.69) is 42.1 Å². The number of carbonyl (C=O) groups is 2. The summed E-state index contributed by atoms with van der Waals surface area (Å²) in [4.78, 5) is 30.1. The van der Waals surface area contributed by atoms with E-state index in [0.717, 1.165) is 25.3 Å². The monoisotopic (exact) mass is 611 g/mol. The van der Waals surface area contributed by atoms with Crippen molar-refractivity contribution in [3.63, 3.8) is 0 Å². The van der Waals surface area contributed by atoms with E-state index in [0.29, 0.717) is 42.8 Å². The van der Waals surface area contributed by atoms with Crippen molar-refractivity contribution in [3.8, 4) is 11.5 Å². The van der Waals surface area contributed by atoms with Crippen LogP contribution in [0.4, 0.5) is 5.69 Å². The Morgan fingerprint density at radius 3 is 2.50 bits per heavy atom. The maximum absolute atomic E-state index is 13.0. The van der Waals surface area contributed by atoms with E-state index in [1.165, 1.54) is 23.8 Å². The number of hydrogen-bond acceptors (Lipinski definition) is 6. The van der Waals surface area contributed by atoms with Gasteiger partial charge >= 0.3 is 0 Å². The Labute approximate surface area is 260 Å². The lowest BCUT2D eigenvalue weighted by Gasteiger charge is -2.15. The summed E-state index contributed by atoms with van der Waals surface area (Å²) in [7, 11) is -1.18. The fourth-order valence-electron chi connectivity index (χ4n) is 4.35. The first-order chi connectivity index (χ1) is 21.2. The van der Waals surface area contributed by atoms with Crippen molar-refractivity contribution in [1.29, 1.82) is 0 Å². The van der Waals surface area contributed by atoms with Gasteiger partial charge in [0.15, 0.2) is 5.78 Å². The van der Waals surface area contributed by atoms with Crippen LogP contribution >= 0.6 is 0 Å². The molecule has 0 radical (unpaired) electrons. The Bertz CT molecular complexity index is 1540. The fraction of sp³-hybridized carbons (Fsp3) is 0.286. The van der Waals surface area contributed by atoms with Crippen molar-refractivity contribution in [2.24, 2.45) is 0 Å². The van der Waals surface area contributed by atoms with Gasteiger partial charge in [0.2, 0.25) is 0 Å². The molecule has 0 aliphatic heterocycles. The predicted octanol–water partition coefficient (Wildman–Crippen LogP) is 7.45. The summed E-state index contributed by atoms with van der Waals surface area (Å²) in [6.45, 7) is 8.51. The number of unbranched alkanes of at least 4 members (excludes halogenated alkanes) is 1. The molecule has 1 aromatic heterocycles. The number of ketones is 1. The lowest BCUT2D eigenvalue weighted by molar-refractivity contribution is 0.0867. The first-order valence-corrected chi connectivity index (χ1v) is 18.6. The van der Waals surface area contributed by atoms with Crippen molar-refractivity contribution in [3.05, 3.63) is 114 Å². The van der Waals surface area contributed by atoms with E-state index in [1.54, 1.807) is 48.8 Å². The summed E-state index contributed by atoms with van der Waals surface area (Å²) in [5, 5.41) is 13.1. The summed E-state index contributed by atoms with van der Waals surface area (Å²) in [5.41, 5.74) is 2.23. The minimum absolute atomic E-state index is 0.0690. The third-order valence-corrected chi connectivity index (χ3v) is 8.67. The van der Waals surface area contributed by atoms with Crippen LogP contribution in [-0.4, -0.2) is 47.6 Å². The SMILES string of the molecule is C[Si](C)(C)CCOCn1ccnc1/C=C/C(=O)c1cc(NC(=O)c2ccc(OCCCCc3ccccc3)cc2)ccc1O. The van der Waals surface area contributed by atoms with Crippen LogP contribution in [0.1, 0.15) is 44.9 Å². The van der Waals surface area contributed by atoms with E-state index in [4.69, 9.17) is 9.47 Å². The van der Waals surface area contributed by atoms with Gasteiger partial charge in [-0.2, -0.15) is 0 Å². The number of aromatic nitrogens is 2. The molecule has 1 amide bonds. The molecule has 0 atom stereocenters. The van der Waals surface area contributed by atoms with Gasteiger partial charge in [0.25, 0.3) is 5.91 Å². The van der Waals surface area contributed by atoms with E-state index in [-0.39, 0.29) is 17.2 Å². The molecule has 4 rings (SSSR count). The van der Waals surface area contributed by atoms with Gasteiger partial charge in [-0.25, -0.2) is 4.98 Å². The number of phenolic OH excluding ortho intramolecular Hbond substituents is 1. The molecule has 0 aliphatic rings. The zero-order valence-corrected chi connectivity index (χ0v) is 26.7. The van der Waals surface area contributed by atoms with Crippen LogP contribution in [0.5, 0.6) is 11.5 Å². The maximum Gasteiger partial charge on any atom is 0.255 e. The number of allylic oxidation sites excluding steroid dienone is 1. The number of nitrogens with one attached hydrogen (secondary N) is 1. The Morgan fingerprint density at radius 2 is 1.75 bits per heavy atom. The summed E-state index contributed by atoms with van der Waals surface area (Å²) in [5.74, 6) is 0.327. The molecule has 0 saturated carbocycles. The predicted molar refractivity (Wildman–Crippen MR) is 177 cm³/mol. The first kappa shape index (κ1) is 32.4. The second kappa shape index (κ2) is 15.8. The Hall–Kier alpha value is -4.47. The third kappa shape index (κ3) is 10.4. The Balaban J connectivity index is 1.27. The van der Waals surface area contributed by atoms with E-state index in [1.807, 2.05) is 22.8 Å². The van der Waals surface area contributed by atoms with Gasteiger partial charge < -0.3 is 24.5 Å². The zero-order chi connectivity index (χ0) is 31.4. The fourth-order valence-corrected chi connectivity index (χ4v) is 5.11. The van der Waals surface area contributed by atoms with Crippen LogP contribution in [0.2, 0.25) is 25.7 Å². The lowest BCUT2D eigenvalue weighted by Crippen LogP contribution is -2.22. The number of anilines is 1. The van der Waals surface area contributed by atoms with Crippen molar-refractivity contribution in [1.82, 2.24) is 9.55 Å². The molecule has 0 spiro atoms. The number of hydrogen-bond donors (Lipinski definition) is 2.